The van der Waals surface area contributed by atoms with E-state index >= 15 is 4.39 Å². The summed E-state index contributed by atoms with van der Waals surface area (Å²) >= 11 is 0. The third-order valence-electron chi connectivity index (χ3n) is 8.37. The number of halogens is 1. The molecule has 0 bridgehead atoms. The maximum absolute atomic E-state index is 15.4. The van der Waals surface area contributed by atoms with E-state index in [1.54, 1.807) is 32.9 Å². The van der Waals surface area contributed by atoms with Gasteiger partial charge < -0.3 is 23.8 Å². The number of rotatable bonds is 9. The molecule has 254 valence electrons. The van der Waals surface area contributed by atoms with Gasteiger partial charge in [-0.1, -0.05) is 50.2 Å². The van der Waals surface area contributed by atoms with Gasteiger partial charge in [0, 0.05) is 12.0 Å². The smallest absolute Gasteiger partial charge is 0.416 e. The van der Waals surface area contributed by atoms with E-state index in [9.17, 15) is 9.59 Å². The lowest BCUT2D eigenvalue weighted by Gasteiger charge is -2.36. The van der Waals surface area contributed by atoms with Crippen LogP contribution in [-0.2, 0) is 18.7 Å². The number of hydrogen-bond acceptors (Lipinski definition) is 8. The number of oxime groups is 1. The van der Waals surface area contributed by atoms with Crippen LogP contribution in [0.15, 0.2) is 60.0 Å². The van der Waals surface area contributed by atoms with Crippen molar-refractivity contribution in [3.63, 3.8) is 0 Å². The normalized spacial score (nSPS) is 18.6. The SMILES string of the molecule is CC(C)(C)OC(=O)N(C[C@H]1CN(c2ccc(-c3ccc(C4=NOC(CO[Si](C)(C)C(C)(C)C)C4)cc3)c(F)c2)C(=O)O1)C(=N)/C=C\[OH2+]. The molecule has 0 saturated carbocycles. The van der Waals surface area contributed by atoms with Crippen molar-refractivity contribution in [1.29, 1.82) is 5.41 Å². The molecule has 2 atom stereocenters. The number of anilines is 1. The van der Waals surface area contributed by atoms with Gasteiger partial charge in [-0.05, 0) is 68.2 Å². The first-order chi connectivity index (χ1) is 21.9. The Balaban J connectivity index is 1.39. The highest BCUT2D eigenvalue weighted by Crippen LogP contribution is 2.37. The summed E-state index contributed by atoms with van der Waals surface area (Å²) in [4.78, 5) is 33.5. The van der Waals surface area contributed by atoms with E-state index in [1.165, 1.54) is 11.0 Å². The number of carbonyl (C=O) groups is 2. The maximum atomic E-state index is 15.4. The van der Waals surface area contributed by atoms with Crippen LogP contribution in [0.5, 0.6) is 0 Å². The predicted octanol–water partition coefficient (Wildman–Crippen LogP) is 6.79. The number of cyclic esters (lactones) is 1. The second-order valence-corrected chi connectivity index (χ2v) is 19.0. The van der Waals surface area contributed by atoms with Gasteiger partial charge in [-0.15, -0.1) is 0 Å². The van der Waals surface area contributed by atoms with Gasteiger partial charge in [-0.25, -0.2) is 14.0 Å². The number of nitrogens with zero attached hydrogens (tertiary/aromatic N) is 3. The van der Waals surface area contributed by atoms with Crippen LogP contribution < -0.4 is 4.90 Å². The lowest BCUT2D eigenvalue weighted by atomic mass is 9.99. The number of nitrogens with one attached hydrogen (secondary N) is 1. The average Bonchev–Trinajstić information content (AvgIpc) is 3.60. The molecule has 0 aromatic heterocycles. The van der Waals surface area contributed by atoms with Gasteiger partial charge in [0.25, 0.3) is 0 Å². The fourth-order valence-electron chi connectivity index (χ4n) is 4.74. The quantitative estimate of drug-likeness (QED) is 0.103. The van der Waals surface area contributed by atoms with Crippen molar-refractivity contribution in [2.75, 3.05) is 24.6 Å². The average molecular weight is 670 g/mol. The minimum atomic E-state index is -1.90. The van der Waals surface area contributed by atoms with Crippen LogP contribution in [0.25, 0.3) is 11.1 Å². The molecule has 1 unspecified atom stereocenters. The van der Waals surface area contributed by atoms with Gasteiger partial charge in [0.15, 0.2) is 14.4 Å². The summed E-state index contributed by atoms with van der Waals surface area (Å²) in [5.41, 5.74) is 2.20. The van der Waals surface area contributed by atoms with E-state index in [0.717, 1.165) is 28.5 Å². The summed E-state index contributed by atoms with van der Waals surface area (Å²) < 4.78 is 32.6. The molecule has 2 aromatic rings. The molecule has 0 aliphatic carbocycles. The molecular weight excluding hydrogens is 623 g/mol. The summed E-state index contributed by atoms with van der Waals surface area (Å²) in [6.07, 6.45) is 0.159. The molecule has 11 nitrogen and oxygen atoms in total. The van der Waals surface area contributed by atoms with Gasteiger partial charge >= 0.3 is 12.2 Å². The summed E-state index contributed by atoms with van der Waals surface area (Å²) in [5, 5.41) is 19.8. The maximum Gasteiger partial charge on any atom is 0.416 e. The number of benzene rings is 2. The monoisotopic (exact) mass is 669 g/mol. The highest BCUT2D eigenvalue weighted by atomic mass is 28.4. The molecule has 2 aliphatic rings. The minimum absolute atomic E-state index is 0.0234. The Bertz CT molecular complexity index is 1550. The second-order valence-electron chi connectivity index (χ2n) is 14.2. The van der Waals surface area contributed by atoms with Gasteiger partial charge in [-0.3, -0.25) is 15.2 Å². The molecule has 3 N–H and O–H groups in total. The van der Waals surface area contributed by atoms with Crippen molar-refractivity contribution in [1.82, 2.24) is 4.90 Å². The van der Waals surface area contributed by atoms with Crippen LogP contribution in [0.3, 0.4) is 0 Å². The number of amides is 2. The van der Waals surface area contributed by atoms with Gasteiger partial charge in [-0.2, -0.15) is 0 Å². The van der Waals surface area contributed by atoms with E-state index in [-0.39, 0.29) is 30.1 Å². The highest BCUT2D eigenvalue weighted by Gasteiger charge is 2.39. The number of amidine groups is 1. The Morgan fingerprint density at radius 2 is 1.79 bits per heavy atom. The number of ether oxygens (including phenoxy) is 2. The third-order valence-corrected chi connectivity index (χ3v) is 12.9. The molecule has 47 heavy (non-hydrogen) atoms. The summed E-state index contributed by atoms with van der Waals surface area (Å²) in [5.74, 6) is -0.804. The molecule has 1 saturated heterocycles. The van der Waals surface area contributed by atoms with E-state index in [1.807, 2.05) is 24.3 Å². The highest BCUT2D eigenvalue weighted by molar-refractivity contribution is 6.74. The molecule has 13 heteroatoms. The molecule has 2 aliphatic heterocycles. The van der Waals surface area contributed by atoms with E-state index in [0.29, 0.717) is 29.8 Å². The second kappa shape index (κ2) is 13.9. The lowest BCUT2D eigenvalue weighted by Crippen LogP contribution is -2.44. The lowest BCUT2D eigenvalue weighted by molar-refractivity contribution is 0.0307. The Morgan fingerprint density at radius 3 is 2.38 bits per heavy atom. The van der Waals surface area contributed by atoms with Crippen molar-refractivity contribution in [2.24, 2.45) is 5.16 Å². The Hall–Kier alpha value is -4.23. The number of hydrogen-bond donors (Lipinski definition) is 1. The van der Waals surface area contributed by atoms with E-state index in [4.69, 9.17) is 29.3 Å². The summed E-state index contributed by atoms with van der Waals surface area (Å²) in [6, 6.07) is 11.9. The topological polar surface area (TPSA) is 137 Å². The van der Waals surface area contributed by atoms with Crippen LogP contribution in [-0.4, -0.2) is 79.6 Å². The zero-order valence-electron chi connectivity index (χ0n) is 28.3. The van der Waals surface area contributed by atoms with Crippen LogP contribution in [0.1, 0.15) is 53.5 Å². The van der Waals surface area contributed by atoms with Crippen LogP contribution in [0.2, 0.25) is 18.1 Å². The minimum Gasteiger partial charge on any atom is -0.598 e. The molecular formula is C34H46FN4O7Si+. The van der Waals surface area contributed by atoms with Gasteiger partial charge in [0.1, 0.15) is 23.4 Å². The zero-order valence-corrected chi connectivity index (χ0v) is 29.3. The molecule has 4 rings (SSSR count). The molecule has 0 radical (unpaired) electrons. The first-order valence-corrected chi connectivity index (χ1v) is 18.5. The van der Waals surface area contributed by atoms with Crippen molar-refractivity contribution >= 4 is 37.7 Å². The molecule has 1 fully saturated rings. The van der Waals surface area contributed by atoms with Crippen molar-refractivity contribution in [3.05, 3.63) is 66.2 Å². The predicted molar refractivity (Wildman–Crippen MR) is 182 cm³/mol. The van der Waals surface area contributed by atoms with Crippen LogP contribution in [0.4, 0.5) is 19.7 Å². The summed E-state index contributed by atoms with van der Waals surface area (Å²) in [7, 11) is -1.90. The fraction of sp³-hybridized carbons (Fsp3) is 0.471. The Morgan fingerprint density at radius 1 is 1.13 bits per heavy atom. The van der Waals surface area contributed by atoms with Crippen molar-refractivity contribution in [3.8, 4) is 11.1 Å². The van der Waals surface area contributed by atoms with Crippen molar-refractivity contribution in [2.45, 2.75) is 83.9 Å². The summed E-state index contributed by atoms with van der Waals surface area (Å²) in [6.45, 7) is 16.4. The zero-order chi connectivity index (χ0) is 34.7. The van der Waals surface area contributed by atoms with E-state index < -0.39 is 38.0 Å². The molecule has 2 amide bonds. The van der Waals surface area contributed by atoms with Crippen molar-refractivity contribution < 1.29 is 37.8 Å². The van der Waals surface area contributed by atoms with Crippen LogP contribution >= 0.6 is 0 Å². The fourth-order valence-corrected chi connectivity index (χ4v) is 5.78. The van der Waals surface area contributed by atoms with Gasteiger partial charge in [0.05, 0.1) is 37.2 Å². The van der Waals surface area contributed by atoms with Gasteiger partial charge in [0.2, 0.25) is 6.26 Å². The molecule has 2 heterocycles. The standard InChI is InChI=1S/C34H45FN4O7Si/c1-33(2,3)45-32(42)39(30(36)15-16-40)20-26-19-38(31(41)44-26)24-13-14-27(28(35)17-24)22-9-11-23(12-10-22)29-18-25(46-37-29)21-43-47(7,8)34(4,5)6/h9-17,25-26,36,40H,18-21H2,1-8H3/p+1/b16-15-,36-30?/t25?,26-/m1/s1. The molecule has 0 spiro atoms. The first-order valence-electron chi connectivity index (χ1n) is 15.6. The van der Waals surface area contributed by atoms with E-state index in [2.05, 4.69) is 39.0 Å². The molecule has 2 aromatic carbocycles. The number of carbonyl (C=O) groups excluding carboxylic acids is 2. The van der Waals surface area contributed by atoms with Crippen LogP contribution in [0, 0.1) is 11.2 Å². The first kappa shape index (κ1) is 35.6. The third kappa shape index (κ3) is 8.77. The largest absolute Gasteiger partial charge is 0.598 e. The Labute approximate surface area is 276 Å². The Kier molecular flexibility index (Phi) is 10.5.